The number of unbranched alkanes of at least 4 members (excludes halogenated alkanes) is 2. The van der Waals surface area contributed by atoms with E-state index in [1.807, 2.05) is 85.9 Å². The van der Waals surface area contributed by atoms with Gasteiger partial charge in [0.25, 0.3) is 0 Å². The maximum Gasteiger partial charge on any atom is 0.224 e. The van der Waals surface area contributed by atoms with Crippen LogP contribution in [-0.4, -0.2) is 73.9 Å². The average Bonchev–Trinajstić information content (AvgIpc) is 3.32. The SMILES string of the molecule is CCCCC(CC)CNC(=O)CCC(=O)NCC(/C=C\C=[N+](\C)c1ccc(C)cc1)=C1/C(=O)C(c2ccc(N(C)c3ccc(C)cc3)cc2NC(=O)CCC(=O)NCC(CC)CCCC)=C1[O-]. The van der Waals surface area contributed by atoms with Crippen molar-refractivity contribution in [1.82, 2.24) is 16.0 Å². The third kappa shape index (κ3) is 16.5. The van der Waals surface area contributed by atoms with E-state index in [9.17, 15) is 29.1 Å². The zero-order valence-electron chi connectivity index (χ0n) is 41.2. The van der Waals surface area contributed by atoms with Gasteiger partial charge in [0.1, 0.15) is 7.05 Å². The van der Waals surface area contributed by atoms with Crippen LogP contribution in [0.2, 0.25) is 0 Å². The number of benzene rings is 3. The van der Waals surface area contributed by atoms with Gasteiger partial charge in [-0.2, -0.15) is 0 Å². The van der Waals surface area contributed by atoms with Crippen LogP contribution in [0.15, 0.2) is 95.8 Å². The Bertz CT molecular complexity index is 2290. The highest BCUT2D eigenvalue weighted by molar-refractivity contribution is 6.40. The number of nitrogens with one attached hydrogen (secondary N) is 4. The van der Waals surface area contributed by atoms with Crippen LogP contribution in [0.5, 0.6) is 0 Å². The number of anilines is 3. The van der Waals surface area contributed by atoms with Gasteiger partial charge < -0.3 is 31.3 Å². The summed E-state index contributed by atoms with van der Waals surface area (Å²) in [6.45, 7) is 13.5. The number of carbonyl (C=O) groups excluding carboxylic acids is 5. The third-order valence-electron chi connectivity index (χ3n) is 12.5. The molecule has 12 nitrogen and oxygen atoms in total. The van der Waals surface area contributed by atoms with Crippen molar-refractivity contribution in [2.24, 2.45) is 11.8 Å². The van der Waals surface area contributed by atoms with E-state index >= 15 is 0 Å². The highest BCUT2D eigenvalue weighted by Gasteiger charge is 2.33. The zero-order valence-corrected chi connectivity index (χ0v) is 41.2. The molecule has 67 heavy (non-hydrogen) atoms. The first kappa shape index (κ1) is 53.3. The molecule has 0 spiro atoms. The Morgan fingerprint density at radius 1 is 0.701 bits per heavy atom. The molecule has 0 aromatic heterocycles. The van der Waals surface area contributed by atoms with Crippen LogP contribution in [0, 0.1) is 25.7 Å². The molecular formula is C55H74N6O6. The summed E-state index contributed by atoms with van der Waals surface area (Å²) in [4.78, 5) is 68.4. The van der Waals surface area contributed by atoms with E-state index in [1.54, 1.807) is 36.6 Å². The van der Waals surface area contributed by atoms with Gasteiger partial charge in [-0.15, -0.1) is 0 Å². The minimum absolute atomic E-state index is 0.00926. The number of ketones is 1. The fourth-order valence-electron chi connectivity index (χ4n) is 7.82. The van der Waals surface area contributed by atoms with Crippen molar-refractivity contribution >= 4 is 63.9 Å². The molecule has 360 valence electrons. The summed E-state index contributed by atoms with van der Waals surface area (Å²) in [5.74, 6) is -1.53. The molecule has 0 bridgehead atoms. The normalized spacial score (nSPS) is 14.3. The Morgan fingerprint density at radius 3 is 1.73 bits per heavy atom. The lowest BCUT2D eigenvalue weighted by Crippen LogP contribution is -2.34. The number of aryl methyl sites for hydroxylation is 2. The van der Waals surface area contributed by atoms with Gasteiger partial charge in [-0.1, -0.05) is 120 Å². The van der Waals surface area contributed by atoms with Crippen molar-refractivity contribution < 1.29 is 33.7 Å². The van der Waals surface area contributed by atoms with Crippen molar-refractivity contribution in [3.63, 3.8) is 0 Å². The van der Waals surface area contributed by atoms with E-state index in [2.05, 4.69) is 49.0 Å². The number of Topliss-reactive ketones (excluding diaryl/α,β-unsaturated/α-hetero) is 1. The predicted molar refractivity (Wildman–Crippen MR) is 270 cm³/mol. The van der Waals surface area contributed by atoms with Crippen molar-refractivity contribution in [2.75, 3.05) is 43.9 Å². The van der Waals surface area contributed by atoms with E-state index in [4.69, 9.17) is 0 Å². The van der Waals surface area contributed by atoms with Gasteiger partial charge in [0.15, 0.2) is 12.0 Å². The summed E-state index contributed by atoms with van der Waals surface area (Å²) in [6, 6.07) is 21.1. The van der Waals surface area contributed by atoms with Crippen LogP contribution in [0.1, 0.15) is 121 Å². The quantitative estimate of drug-likeness (QED) is 0.0337. The molecule has 2 atom stereocenters. The molecule has 4 N–H and O–H groups in total. The smallest absolute Gasteiger partial charge is 0.224 e. The van der Waals surface area contributed by atoms with Crippen molar-refractivity contribution in [1.29, 1.82) is 0 Å². The minimum atomic E-state index is -0.526. The summed E-state index contributed by atoms with van der Waals surface area (Å²) in [5.41, 5.74) is 5.39. The topological polar surface area (TPSA) is 163 Å². The fourth-order valence-corrected chi connectivity index (χ4v) is 7.82. The molecule has 3 aromatic rings. The first-order chi connectivity index (χ1) is 32.2. The van der Waals surface area contributed by atoms with Crippen LogP contribution in [0.3, 0.4) is 0 Å². The van der Waals surface area contributed by atoms with E-state index in [1.165, 1.54) is 0 Å². The van der Waals surface area contributed by atoms with E-state index in [-0.39, 0.29) is 66.4 Å². The Morgan fingerprint density at radius 2 is 1.21 bits per heavy atom. The van der Waals surface area contributed by atoms with Crippen molar-refractivity contribution in [3.8, 4) is 0 Å². The Hall–Kier alpha value is -6.30. The van der Waals surface area contributed by atoms with Crippen LogP contribution >= 0.6 is 0 Å². The summed E-state index contributed by atoms with van der Waals surface area (Å²) < 4.78 is 1.89. The van der Waals surface area contributed by atoms with Crippen LogP contribution in [0.4, 0.5) is 22.7 Å². The second-order valence-electron chi connectivity index (χ2n) is 17.8. The Labute approximate surface area is 399 Å². The molecule has 0 fully saturated rings. The molecule has 0 aliphatic heterocycles. The number of hydrogen-bond acceptors (Lipinski definition) is 7. The van der Waals surface area contributed by atoms with Crippen LogP contribution in [0.25, 0.3) is 5.57 Å². The number of carbonyl (C=O) groups is 5. The van der Waals surface area contributed by atoms with Gasteiger partial charge in [-0.05, 0) is 68.4 Å². The van der Waals surface area contributed by atoms with E-state index < -0.39 is 23.4 Å². The predicted octanol–water partition coefficient (Wildman–Crippen LogP) is 8.90. The lowest BCUT2D eigenvalue weighted by Gasteiger charge is -2.34. The largest absolute Gasteiger partial charge is 0.871 e. The van der Waals surface area contributed by atoms with Gasteiger partial charge in [0.2, 0.25) is 29.3 Å². The first-order valence-electron chi connectivity index (χ1n) is 24.2. The van der Waals surface area contributed by atoms with Crippen LogP contribution in [-0.2, 0) is 24.0 Å². The van der Waals surface area contributed by atoms with Crippen LogP contribution < -0.4 is 31.3 Å². The molecular weight excluding hydrogens is 841 g/mol. The number of nitrogens with zero attached hydrogens (tertiary/aromatic N) is 2. The van der Waals surface area contributed by atoms with E-state index in [0.29, 0.717) is 36.2 Å². The highest BCUT2D eigenvalue weighted by atomic mass is 16.3. The lowest BCUT2D eigenvalue weighted by atomic mass is 9.80. The summed E-state index contributed by atoms with van der Waals surface area (Å²) in [7, 11) is 3.77. The third-order valence-corrected chi connectivity index (χ3v) is 12.5. The highest BCUT2D eigenvalue weighted by Crippen LogP contribution is 2.41. The second kappa shape index (κ2) is 27.4. The lowest BCUT2D eigenvalue weighted by molar-refractivity contribution is -0.398. The molecule has 1 aliphatic rings. The zero-order chi connectivity index (χ0) is 48.9. The number of hydrogen-bond donors (Lipinski definition) is 4. The van der Waals surface area contributed by atoms with Gasteiger partial charge in [-0.25, -0.2) is 4.58 Å². The van der Waals surface area contributed by atoms with Gasteiger partial charge in [-0.3, -0.25) is 24.0 Å². The first-order valence-corrected chi connectivity index (χ1v) is 24.2. The molecule has 2 unspecified atom stereocenters. The monoisotopic (exact) mass is 915 g/mol. The molecule has 1 aliphatic carbocycles. The molecule has 0 saturated heterocycles. The molecule has 4 rings (SSSR count). The molecule has 4 amide bonds. The standard InChI is InChI=1S/C55H74N6O6/c1-9-13-16-40(11-3)35-56-48(62)29-30-50(64)58-37-42(18-15-33-60(7)43-23-19-38(5)20-24-43)52-54(66)53(55(52)67)46-28-27-45(61(8)44-25-21-39(6)22-26-44)34-47(46)59-51(65)32-31-49(63)57-36-41(12-4)17-14-10-2/h15,18-28,33-34,40-41H,9-14,16-17,29-32,35-37H2,1-8H3,(H4,56,57,58,62,63,64,66,67). The van der Waals surface area contributed by atoms with Crippen molar-refractivity contribution in [2.45, 2.75) is 119 Å². The van der Waals surface area contributed by atoms with Crippen molar-refractivity contribution in [3.05, 3.63) is 112 Å². The second-order valence-corrected chi connectivity index (χ2v) is 17.8. The van der Waals surface area contributed by atoms with Gasteiger partial charge >= 0.3 is 0 Å². The van der Waals surface area contributed by atoms with Gasteiger partial charge in [0, 0.05) is 98.7 Å². The maximum absolute atomic E-state index is 14.3. The number of amides is 4. The fraction of sp³-hybridized carbons (Fsp3) is 0.455. The Balaban J connectivity index is 1.63. The maximum atomic E-state index is 14.3. The molecule has 12 heteroatoms. The summed E-state index contributed by atoms with van der Waals surface area (Å²) in [5, 5.41) is 26.0. The molecule has 3 aromatic carbocycles. The number of allylic oxidation sites excluding steroid dienone is 3. The van der Waals surface area contributed by atoms with E-state index in [0.717, 1.165) is 73.9 Å². The van der Waals surface area contributed by atoms with Gasteiger partial charge in [0.05, 0.1) is 5.69 Å². The summed E-state index contributed by atoms with van der Waals surface area (Å²) >= 11 is 0. The Kier molecular flexibility index (Phi) is 21.8. The number of rotatable bonds is 27. The molecule has 0 heterocycles. The molecule has 0 radical (unpaired) electrons. The summed E-state index contributed by atoms with van der Waals surface area (Å²) in [6.07, 6.45) is 13.4. The minimum Gasteiger partial charge on any atom is -0.871 e. The average molecular weight is 915 g/mol. The molecule has 0 saturated carbocycles.